The van der Waals surface area contributed by atoms with Gasteiger partial charge in [-0.25, -0.2) is 4.79 Å². The lowest BCUT2D eigenvalue weighted by Crippen LogP contribution is -2.41. The molecule has 1 aromatic rings. The molecule has 0 fully saturated rings. The first kappa shape index (κ1) is 15.2. The first-order chi connectivity index (χ1) is 9.13. The van der Waals surface area contributed by atoms with Crippen LogP contribution < -0.4 is 11.1 Å². The van der Waals surface area contributed by atoms with Gasteiger partial charge in [-0.2, -0.15) is 0 Å². The van der Waals surface area contributed by atoms with Crippen molar-refractivity contribution in [2.75, 3.05) is 6.54 Å². The van der Waals surface area contributed by atoms with E-state index >= 15 is 0 Å². The average molecular weight is 264 g/mol. The van der Waals surface area contributed by atoms with E-state index in [9.17, 15) is 9.59 Å². The summed E-state index contributed by atoms with van der Waals surface area (Å²) >= 11 is 0. The number of aliphatic carboxylic acids is 1. The number of amides is 1. The van der Waals surface area contributed by atoms with Gasteiger partial charge in [0.25, 0.3) is 0 Å². The third-order valence-electron chi connectivity index (χ3n) is 2.81. The van der Waals surface area contributed by atoms with Crippen LogP contribution in [0.4, 0.5) is 0 Å². The maximum absolute atomic E-state index is 11.5. The Morgan fingerprint density at radius 3 is 2.53 bits per heavy atom. The van der Waals surface area contributed by atoms with Crippen molar-refractivity contribution in [3.8, 4) is 0 Å². The molecule has 104 valence electrons. The van der Waals surface area contributed by atoms with Crippen molar-refractivity contribution in [1.82, 2.24) is 5.32 Å². The number of benzene rings is 1. The van der Waals surface area contributed by atoms with E-state index in [1.807, 2.05) is 30.3 Å². The van der Waals surface area contributed by atoms with Crippen LogP contribution in [-0.2, 0) is 16.0 Å². The minimum Gasteiger partial charge on any atom is -0.480 e. The number of hydrogen-bond donors (Lipinski definition) is 3. The summed E-state index contributed by atoms with van der Waals surface area (Å²) in [6.45, 7) is 0.426. The molecule has 0 bridgehead atoms. The number of aryl methyl sites for hydroxylation is 1. The van der Waals surface area contributed by atoms with E-state index in [-0.39, 0.29) is 12.3 Å². The number of rotatable bonds is 8. The zero-order chi connectivity index (χ0) is 14.1. The zero-order valence-electron chi connectivity index (χ0n) is 10.8. The average Bonchev–Trinajstić information content (AvgIpc) is 2.42. The largest absolute Gasteiger partial charge is 0.480 e. The lowest BCUT2D eigenvalue weighted by molar-refractivity contribution is -0.142. The summed E-state index contributed by atoms with van der Waals surface area (Å²) in [6, 6.07) is 8.76. The summed E-state index contributed by atoms with van der Waals surface area (Å²) in [5, 5.41) is 11.6. The quantitative estimate of drug-likeness (QED) is 0.651. The number of nitrogens with two attached hydrogens (primary N) is 1. The number of hydrogen-bond acceptors (Lipinski definition) is 3. The van der Waals surface area contributed by atoms with Gasteiger partial charge in [0.2, 0.25) is 5.91 Å². The molecular weight excluding hydrogens is 244 g/mol. The van der Waals surface area contributed by atoms with Crippen molar-refractivity contribution in [2.24, 2.45) is 5.73 Å². The molecule has 0 saturated carbocycles. The van der Waals surface area contributed by atoms with E-state index in [0.717, 1.165) is 5.56 Å². The first-order valence-corrected chi connectivity index (χ1v) is 6.39. The highest BCUT2D eigenvalue weighted by molar-refractivity contribution is 5.83. The summed E-state index contributed by atoms with van der Waals surface area (Å²) in [5.41, 5.74) is 6.37. The van der Waals surface area contributed by atoms with Crippen LogP contribution in [0.3, 0.4) is 0 Å². The lowest BCUT2D eigenvalue weighted by Gasteiger charge is -2.14. The van der Waals surface area contributed by atoms with E-state index in [2.05, 4.69) is 5.32 Å². The molecule has 4 N–H and O–H groups in total. The van der Waals surface area contributed by atoms with Crippen LogP contribution in [0.1, 0.15) is 24.8 Å². The van der Waals surface area contributed by atoms with E-state index in [0.29, 0.717) is 25.8 Å². The highest BCUT2D eigenvalue weighted by atomic mass is 16.4. The number of nitrogens with one attached hydrogen (secondary N) is 1. The Hall–Kier alpha value is -1.88. The van der Waals surface area contributed by atoms with Crippen molar-refractivity contribution in [3.63, 3.8) is 0 Å². The number of carbonyl (C=O) groups excluding carboxylic acids is 1. The minimum atomic E-state index is -1.00. The Morgan fingerprint density at radius 2 is 1.95 bits per heavy atom. The van der Waals surface area contributed by atoms with Crippen LogP contribution in [0.2, 0.25) is 0 Å². The molecule has 0 radical (unpaired) electrons. The molecule has 1 atom stereocenters. The Bertz CT molecular complexity index is 406. The molecule has 5 nitrogen and oxygen atoms in total. The Labute approximate surface area is 112 Å². The van der Waals surface area contributed by atoms with Crippen LogP contribution >= 0.6 is 0 Å². The fraction of sp³-hybridized carbons (Fsp3) is 0.429. The normalized spacial score (nSPS) is 11.8. The molecule has 1 unspecified atom stereocenters. The number of carboxylic acids is 1. The molecule has 0 spiro atoms. The smallest absolute Gasteiger partial charge is 0.326 e. The summed E-state index contributed by atoms with van der Waals surface area (Å²) in [6.07, 6.45) is 1.84. The molecule has 0 aliphatic carbocycles. The molecular formula is C14H20N2O3. The lowest BCUT2D eigenvalue weighted by atomic mass is 10.1. The molecule has 0 saturated heterocycles. The molecule has 0 aliphatic heterocycles. The van der Waals surface area contributed by atoms with Gasteiger partial charge < -0.3 is 16.2 Å². The van der Waals surface area contributed by atoms with Gasteiger partial charge >= 0.3 is 5.97 Å². The Morgan fingerprint density at radius 1 is 1.26 bits per heavy atom. The van der Waals surface area contributed by atoms with Gasteiger partial charge in [0.15, 0.2) is 0 Å². The van der Waals surface area contributed by atoms with Crippen LogP contribution in [0, 0.1) is 0 Å². The van der Waals surface area contributed by atoms with Gasteiger partial charge in [0.1, 0.15) is 6.04 Å². The molecule has 1 aromatic carbocycles. The van der Waals surface area contributed by atoms with E-state index in [1.165, 1.54) is 0 Å². The van der Waals surface area contributed by atoms with Crippen LogP contribution in [0.5, 0.6) is 0 Å². The van der Waals surface area contributed by atoms with Crippen molar-refractivity contribution in [3.05, 3.63) is 35.9 Å². The van der Waals surface area contributed by atoms with Crippen molar-refractivity contribution < 1.29 is 14.7 Å². The molecule has 1 amide bonds. The van der Waals surface area contributed by atoms with E-state index in [1.54, 1.807) is 0 Å². The third kappa shape index (κ3) is 6.01. The molecule has 0 heterocycles. The standard InChI is InChI=1S/C14H20N2O3/c15-10-4-7-13(17)16-12(14(18)19)9-8-11-5-2-1-3-6-11/h1-3,5-6,12H,4,7-10,15H2,(H,16,17)(H,18,19). The summed E-state index contributed by atoms with van der Waals surface area (Å²) in [5.74, 6) is -1.26. The van der Waals surface area contributed by atoms with E-state index < -0.39 is 12.0 Å². The van der Waals surface area contributed by atoms with Gasteiger partial charge in [0.05, 0.1) is 0 Å². The van der Waals surface area contributed by atoms with Crippen molar-refractivity contribution in [1.29, 1.82) is 0 Å². The second-order valence-electron chi connectivity index (χ2n) is 4.37. The monoisotopic (exact) mass is 264 g/mol. The fourth-order valence-corrected chi connectivity index (χ4v) is 1.74. The predicted molar refractivity (Wildman–Crippen MR) is 72.6 cm³/mol. The van der Waals surface area contributed by atoms with Crippen LogP contribution in [0.25, 0.3) is 0 Å². The van der Waals surface area contributed by atoms with Gasteiger partial charge in [-0.05, 0) is 31.4 Å². The second kappa shape index (κ2) is 8.26. The SMILES string of the molecule is NCCCC(=O)NC(CCc1ccccc1)C(=O)O. The van der Waals surface area contributed by atoms with Crippen molar-refractivity contribution in [2.45, 2.75) is 31.7 Å². The number of carbonyl (C=O) groups is 2. The number of carboxylic acid groups (broad SMARTS) is 1. The minimum absolute atomic E-state index is 0.258. The molecule has 1 rings (SSSR count). The highest BCUT2D eigenvalue weighted by Gasteiger charge is 2.19. The van der Waals surface area contributed by atoms with Crippen LogP contribution in [0.15, 0.2) is 30.3 Å². The summed E-state index contributed by atoms with van der Waals surface area (Å²) in [4.78, 5) is 22.6. The summed E-state index contributed by atoms with van der Waals surface area (Å²) in [7, 11) is 0. The van der Waals surface area contributed by atoms with Crippen molar-refractivity contribution >= 4 is 11.9 Å². The van der Waals surface area contributed by atoms with Crippen LogP contribution in [-0.4, -0.2) is 29.6 Å². The van der Waals surface area contributed by atoms with E-state index in [4.69, 9.17) is 10.8 Å². The molecule has 0 aromatic heterocycles. The van der Waals surface area contributed by atoms with Gasteiger partial charge in [-0.3, -0.25) is 4.79 Å². The Balaban J connectivity index is 2.45. The Kier molecular flexibility index (Phi) is 6.60. The first-order valence-electron chi connectivity index (χ1n) is 6.39. The predicted octanol–water partition coefficient (Wildman–Crippen LogP) is 0.927. The van der Waals surface area contributed by atoms with Gasteiger partial charge in [-0.1, -0.05) is 30.3 Å². The molecule has 0 aliphatic rings. The maximum Gasteiger partial charge on any atom is 0.326 e. The topological polar surface area (TPSA) is 92.4 Å². The van der Waals surface area contributed by atoms with Gasteiger partial charge in [0, 0.05) is 6.42 Å². The molecule has 5 heteroatoms. The molecule has 19 heavy (non-hydrogen) atoms. The summed E-state index contributed by atoms with van der Waals surface area (Å²) < 4.78 is 0. The second-order valence-corrected chi connectivity index (χ2v) is 4.37. The zero-order valence-corrected chi connectivity index (χ0v) is 10.8. The highest BCUT2D eigenvalue weighted by Crippen LogP contribution is 2.05. The fourth-order valence-electron chi connectivity index (χ4n) is 1.74. The van der Waals surface area contributed by atoms with Gasteiger partial charge in [-0.15, -0.1) is 0 Å². The maximum atomic E-state index is 11.5. The third-order valence-corrected chi connectivity index (χ3v) is 2.81.